The molecule has 56 valence electrons. The summed E-state index contributed by atoms with van der Waals surface area (Å²) in [7, 11) is 0. The molecule has 1 rings (SSSR count). The lowest BCUT2D eigenvalue weighted by atomic mass is 10.2. The summed E-state index contributed by atoms with van der Waals surface area (Å²) in [5.74, 6) is 0. The average molecular weight is 204 g/mol. The van der Waals surface area contributed by atoms with Gasteiger partial charge in [-0.25, -0.2) is 0 Å². The maximum Gasteiger partial charge on any atom is 0.110 e. The van der Waals surface area contributed by atoms with Crippen LogP contribution in [0.2, 0.25) is 0 Å². The summed E-state index contributed by atoms with van der Waals surface area (Å²) in [6, 6.07) is -0.0810. The number of alkyl halides is 1. The molecule has 0 bridgehead atoms. The van der Waals surface area contributed by atoms with Crippen molar-refractivity contribution in [2.24, 2.45) is 5.18 Å². The van der Waals surface area contributed by atoms with Gasteiger partial charge in [-0.1, -0.05) is 33.3 Å². The predicted octanol–water partition coefficient (Wildman–Crippen LogP) is 2.63. The Bertz CT molecular complexity index is 147. The van der Waals surface area contributed by atoms with Gasteiger partial charge in [-0.15, -0.1) is 0 Å². The van der Waals surface area contributed by atoms with E-state index in [2.05, 4.69) is 21.1 Å². The first-order chi connectivity index (χ1) is 4.83. The number of hydrogen-bond donors (Lipinski definition) is 0. The van der Waals surface area contributed by atoms with Gasteiger partial charge in [0.25, 0.3) is 0 Å². The molecule has 2 atom stereocenters. The zero-order chi connectivity index (χ0) is 7.40. The number of nitroso groups, excluding NO2 is 1. The molecular formula is C7H10BrNO. The number of rotatable bonds is 1. The Hall–Kier alpha value is -0.180. The van der Waals surface area contributed by atoms with E-state index in [1.54, 1.807) is 0 Å². The molecule has 0 aromatic carbocycles. The van der Waals surface area contributed by atoms with E-state index < -0.39 is 0 Å². The van der Waals surface area contributed by atoms with E-state index in [1.807, 2.05) is 12.2 Å². The average Bonchev–Trinajstić information content (AvgIpc) is 2.14. The Balaban J connectivity index is 2.49. The molecule has 0 saturated carbocycles. The van der Waals surface area contributed by atoms with Crippen LogP contribution < -0.4 is 0 Å². The van der Waals surface area contributed by atoms with Crippen molar-refractivity contribution in [3.8, 4) is 0 Å². The number of allylic oxidation sites excluding steroid dienone is 1. The Kier molecular flexibility index (Phi) is 3.06. The van der Waals surface area contributed by atoms with Gasteiger partial charge in [0.05, 0.1) is 0 Å². The predicted molar refractivity (Wildman–Crippen MR) is 45.3 cm³/mol. The van der Waals surface area contributed by atoms with Gasteiger partial charge in [-0.05, 0) is 19.3 Å². The van der Waals surface area contributed by atoms with Crippen LogP contribution in [-0.4, -0.2) is 10.9 Å². The highest BCUT2D eigenvalue weighted by atomic mass is 79.9. The minimum absolute atomic E-state index is 0.0810. The van der Waals surface area contributed by atoms with Gasteiger partial charge in [-0.2, -0.15) is 4.91 Å². The second kappa shape index (κ2) is 3.86. The summed E-state index contributed by atoms with van der Waals surface area (Å²) >= 11 is 3.46. The number of nitrogens with zero attached hydrogens (tertiary/aromatic N) is 1. The van der Waals surface area contributed by atoms with Crippen LogP contribution in [0.15, 0.2) is 17.3 Å². The molecule has 10 heavy (non-hydrogen) atoms. The Morgan fingerprint density at radius 1 is 1.40 bits per heavy atom. The highest BCUT2D eigenvalue weighted by Crippen LogP contribution is 2.18. The molecule has 0 fully saturated rings. The summed E-state index contributed by atoms with van der Waals surface area (Å²) < 4.78 is 0. The smallest absolute Gasteiger partial charge is 0.110 e. The molecular weight excluding hydrogens is 194 g/mol. The Labute approximate surface area is 68.8 Å². The second-order valence-corrected chi connectivity index (χ2v) is 3.68. The summed E-state index contributed by atoms with van der Waals surface area (Å²) in [4.78, 5) is 10.5. The largest absolute Gasteiger partial charge is 0.150 e. The van der Waals surface area contributed by atoms with Gasteiger partial charge >= 0.3 is 0 Å². The van der Waals surface area contributed by atoms with Gasteiger partial charge in [0.1, 0.15) is 6.04 Å². The number of hydrogen-bond acceptors (Lipinski definition) is 2. The minimum Gasteiger partial charge on any atom is -0.150 e. The molecule has 0 aromatic heterocycles. The van der Waals surface area contributed by atoms with Crippen molar-refractivity contribution in [2.45, 2.75) is 30.1 Å². The van der Waals surface area contributed by atoms with Crippen LogP contribution in [0, 0.1) is 4.91 Å². The fourth-order valence-corrected chi connectivity index (χ4v) is 1.55. The van der Waals surface area contributed by atoms with Crippen LogP contribution in [0.5, 0.6) is 0 Å². The molecule has 1 aliphatic rings. The molecule has 0 saturated heterocycles. The van der Waals surface area contributed by atoms with Gasteiger partial charge < -0.3 is 0 Å². The third-order valence-corrected chi connectivity index (χ3v) is 2.42. The van der Waals surface area contributed by atoms with Crippen LogP contribution in [0.25, 0.3) is 0 Å². The fourth-order valence-electron chi connectivity index (χ4n) is 1.05. The van der Waals surface area contributed by atoms with Crippen LogP contribution in [0.3, 0.4) is 0 Å². The highest BCUT2D eigenvalue weighted by Gasteiger charge is 2.10. The third-order valence-electron chi connectivity index (χ3n) is 1.66. The minimum atomic E-state index is -0.0810. The number of halogens is 1. The monoisotopic (exact) mass is 203 g/mol. The van der Waals surface area contributed by atoms with E-state index in [1.165, 1.54) is 0 Å². The van der Waals surface area contributed by atoms with Crippen molar-refractivity contribution >= 4 is 15.9 Å². The van der Waals surface area contributed by atoms with Crippen molar-refractivity contribution < 1.29 is 0 Å². The first-order valence-electron chi connectivity index (χ1n) is 3.48. The van der Waals surface area contributed by atoms with Gasteiger partial charge in [0.15, 0.2) is 0 Å². The highest BCUT2D eigenvalue weighted by molar-refractivity contribution is 9.09. The fraction of sp³-hybridized carbons (Fsp3) is 0.714. The summed E-state index contributed by atoms with van der Waals surface area (Å²) in [5, 5.41) is 2.98. The van der Waals surface area contributed by atoms with Crippen LogP contribution in [0.1, 0.15) is 19.3 Å². The summed E-state index contributed by atoms with van der Waals surface area (Å²) in [6.07, 6.45) is 7.00. The van der Waals surface area contributed by atoms with Crippen molar-refractivity contribution in [2.75, 3.05) is 0 Å². The van der Waals surface area contributed by atoms with E-state index in [4.69, 9.17) is 0 Å². The van der Waals surface area contributed by atoms with Crippen molar-refractivity contribution in [3.05, 3.63) is 17.1 Å². The lowest BCUT2D eigenvalue weighted by molar-refractivity contribution is 0.661. The maximum absolute atomic E-state index is 10.1. The lowest BCUT2D eigenvalue weighted by Gasteiger charge is -1.98. The third kappa shape index (κ3) is 2.21. The van der Waals surface area contributed by atoms with E-state index in [-0.39, 0.29) is 6.04 Å². The zero-order valence-electron chi connectivity index (χ0n) is 5.66. The first kappa shape index (κ1) is 7.92. The molecule has 0 heterocycles. The van der Waals surface area contributed by atoms with Gasteiger partial charge in [0, 0.05) is 4.83 Å². The molecule has 0 unspecified atom stereocenters. The summed E-state index contributed by atoms with van der Waals surface area (Å²) in [6.45, 7) is 0. The van der Waals surface area contributed by atoms with E-state index in [0.717, 1.165) is 19.3 Å². The molecule has 0 spiro atoms. The quantitative estimate of drug-likeness (QED) is 0.366. The van der Waals surface area contributed by atoms with E-state index in [0.29, 0.717) is 4.83 Å². The Morgan fingerprint density at radius 3 is 2.90 bits per heavy atom. The lowest BCUT2D eigenvalue weighted by Crippen LogP contribution is -1.95. The summed E-state index contributed by atoms with van der Waals surface area (Å²) in [5.41, 5.74) is 0. The van der Waals surface area contributed by atoms with Gasteiger partial charge in [0.2, 0.25) is 0 Å². The van der Waals surface area contributed by atoms with Gasteiger partial charge in [-0.3, -0.25) is 0 Å². The standard InChI is InChI=1S/C7H10BrNO/c8-6-2-1-3-7(9-10)5-4-6/h4-7H,1-3H2/t6-,7+/m1/s1. The van der Waals surface area contributed by atoms with E-state index in [9.17, 15) is 4.91 Å². The maximum atomic E-state index is 10.1. The molecule has 0 aliphatic heterocycles. The zero-order valence-corrected chi connectivity index (χ0v) is 7.25. The Morgan fingerprint density at radius 2 is 2.20 bits per heavy atom. The van der Waals surface area contributed by atoms with Crippen LogP contribution >= 0.6 is 15.9 Å². The van der Waals surface area contributed by atoms with Crippen molar-refractivity contribution in [1.29, 1.82) is 0 Å². The second-order valence-electron chi connectivity index (χ2n) is 2.50. The normalized spacial score (nSPS) is 33.3. The van der Waals surface area contributed by atoms with E-state index >= 15 is 0 Å². The van der Waals surface area contributed by atoms with Crippen molar-refractivity contribution in [3.63, 3.8) is 0 Å². The molecule has 0 amide bonds. The van der Waals surface area contributed by atoms with Crippen LogP contribution in [0.4, 0.5) is 0 Å². The molecule has 2 nitrogen and oxygen atoms in total. The molecule has 3 heteroatoms. The molecule has 0 radical (unpaired) electrons. The molecule has 1 aliphatic carbocycles. The molecule has 0 N–H and O–H groups in total. The van der Waals surface area contributed by atoms with Crippen molar-refractivity contribution in [1.82, 2.24) is 0 Å². The van der Waals surface area contributed by atoms with Crippen LogP contribution in [-0.2, 0) is 0 Å². The first-order valence-corrected chi connectivity index (χ1v) is 4.39. The molecule has 0 aromatic rings. The SMILES string of the molecule is O=N[C@@H]1C=C[C@H](Br)CCC1. The topological polar surface area (TPSA) is 29.4 Å².